The predicted molar refractivity (Wildman–Crippen MR) is 91.1 cm³/mol. The van der Waals surface area contributed by atoms with Crippen LogP contribution in [0.15, 0.2) is 46.9 Å². The van der Waals surface area contributed by atoms with Gasteiger partial charge in [0, 0.05) is 4.47 Å². The van der Waals surface area contributed by atoms with Crippen molar-refractivity contribution in [1.82, 2.24) is 5.43 Å². The zero-order valence-electron chi connectivity index (χ0n) is 12.3. The molecule has 2 aromatic carbocycles. The Labute approximate surface area is 134 Å². The zero-order chi connectivity index (χ0) is 14.8. The minimum atomic E-state index is 0.0301. The van der Waals surface area contributed by atoms with Crippen molar-refractivity contribution in [3.05, 3.63) is 69.2 Å². The molecule has 0 saturated heterocycles. The van der Waals surface area contributed by atoms with Gasteiger partial charge in [-0.3, -0.25) is 5.84 Å². The highest BCUT2D eigenvalue weighted by Crippen LogP contribution is 2.37. The van der Waals surface area contributed by atoms with E-state index in [9.17, 15) is 0 Å². The Hall–Kier alpha value is -1.16. The van der Waals surface area contributed by atoms with Crippen LogP contribution in [0.3, 0.4) is 0 Å². The Kier molecular flexibility index (Phi) is 4.43. The molecular weight excluding hydrogens is 324 g/mol. The summed E-state index contributed by atoms with van der Waals surface area (Å²) >= 11 is 3.61. The van der Waals surface area contributed by atoms with Crippen molar-refractivity contribution in [2.24, 2.45) is 5.84 Å². The molecule has 1 aliphatic rings. The third-order valence-electron chi connectivity index (χ3n) is 4.61. The van der Waals surface area contributed by atoms with Crippen molar-refractivity contribution >= 4 is 15.9 Å². The van der Waals surface area contributed by atoms with Crippen molar-refractivity contribution in [3.8, 4) is 0 Å². The summed E-state index contributed by atoms with van der Waals surface area (Å²) in [6.45, 7) is 2.12. The average Bonchev–Trinajstić information content (AvgIpc) is 2.43. The number of halogens is 1. The first-order valence-corrected chi connectivity index (χ1v) is 8.31. The number of rotatable bonds is 4. The fraction of sp³-hybridized carbons (Fsp3) is 0.333. The highest BCUT2D eigenvalue weighted by Gasteiger charge is 2.21. The SMILES string of the molecule is Cc1c(Br)cccc1C(NN)c1cccc(C2CCC2)c1. The lowest BCUT2D eigenvalue weighted by molar-refractivity contribution is 0.419. The van der Waals surface area contributed by atoms with Gasteiger partial charge in [0.15, 0.2) is 0 Å². The van der Waals surface area contributed by atoms with Crippen LogP contribution in [0.25, 0.3) is 0 Å². The van der Waals surface area contributed by atoms with Gasteiger partial charge in [-0.25, -0.2) is 5.43 Å². The molecule has 0 aliphatic heterocycles. The summed E-state index contributed by atoms with van der Waals surface area (Å²) < 4.78 is 1.12. The van der Waals surface area contributed by atoms with Crippen LogP contribution in [0.4, 0.5) is 0 Å². The van der Waals surface area contributed by atoms with Crippen LogP contribution in [-0.2, 0) is 0 Å². The van der Waals surface area contributed by atoms with Crippen LogP contribution in [-0.4, -0.2) is 0 Å². The first-order chi connectivity index (χ1) is 10.2. The largest absolute Gasteiger partial charge is 0.271 e. The first-order valence-electron chi connectivity index (χ1n) is 7.51. The molecule has 3 rings (SSSR count). The number of benzene rings is 2. The molecule has 1 unspecified atom stereocenters. The van der Waals surface area contributed by atoms with Gasteiger partial charge < -0.3 is 0 Å². The van der Waals surface area contributed by atoms with Gasteiger partial charge in [-0.1, -0.05) is 58.7 Å². The smallest absolute Gasteiger partial charge is 0.0713 e. The first kappa shape index (κ1) is 14.8. The van der Waals surface area contributed by atoms with Gasteiger partial charge in [-0.05, 0) is 54.0 Å². The topological polar surface area (TPSA) is 38.0 Å². The van der Waals surface area contributed by atoms with Crippen LogP contribution in [0.2, 0.25) is 0 Å². The standard InChI is InChI=1S/C18H21BrN2/c1-12-16(9-4-10-17(12)19)18(21-20)15-8-3-7-14(11-15)13-5-2-6-13/h3-4,7-11,13,18,21H,2,5-6,20H2,1H3. The fourth-order valence-electron chi connectivity index (χ4n) is 3.04. The van der Waals surface area contributed by atoms with Gasteiger partial charge in [-0.15, -0.1) is 0 Å². The maximum absolute atomic E-state index is 5.86. The lowest BCUT2D eigenvalue weighted by Crippen LogP contribution is -2.29. The van der Waals surface area contributed by atoms with Crippen molar-refractivity contribution in [2.45, 2.75) is 38.1 Å². The maximum atomic E-state index is 5.86. The lowest BCUT2D eigenvalue weighted by Gasteiger charge is -2.27. The Morgan fingerprint density at radius 2 is 1.95 bits per heavy atom. The van der Waals surface area contributed by atoms with Gasteiger partial charge in [0.05, 0.1) is 6.04 Å². The molecule has 1 atom stereocenters. The molecule has 0 heterocycles. The number of hydrogen-bond donors (Lipinski definition) is 2. The summed E-state index contributed by atoms with van der Waals surface area (Å²) in [5.74, 6) is 6.61. The van der Waals surface area contributed by atoms with E-state index in [0.29, 0.717) is 0 Å². The summed E-state index contributed by atoms with van der Waals surface area (Å²) in [6.07, 6.45) is 4.00. The summed E-state index contributed by atoms with van der Waals surface area (Å²) in [5.41, 5.74) is 8.12. The molecular formula is C18H21BrN2. The third-order valence-corrected chi connectivity index (χ3v) is 5.47. The molecule has 3 N–H and O–H groups in total. The van der Waals surface area contributed by atoms with Gasteiger partial charge in [0.2, 0.25) is 0 Å². The van der Waals surface area contributed by atoms with E-state index in [1.807, 2.05) is 0 Å². The Morgan fingerprint density at radius 3 is 2.62 bits per heavy atom. The minimum Gasteiger partial charge on any atom is -0.271 e. The van der Waals surface area contributed by atoms with E-state index in [0.717, 1.165) is 10.4 Å². The molecule has 0 amide bonds. The monoisotopic (exact) mass is 344 g/mol. The van der Waals surface area contributed by atoms with Gasteiger partial charge in [0.1, 0.15) is 0 Å². The van der Waals surface area contributed by atoms with Crippen molar-refractivity contribution in [3.63, 3.8) is 0 Å². The highest BCUT2D eigenvalue weighted by atomic mass is 79.9. The van der Waals surface area contributed by atoms with Crippen molar-refractivity contribution in [1.29, 1.82) is 0 Å². The molecule has 0 spiro atoms. The molecule has 0 radical (unpaired) electrons. The predicted octanol–water partition coefficient (Wildman–Crippen LogP) is 4.58. The number of nitrogens with two attached hydrogens (primary N) is 1. The van der Waals surface area contributed by atoms with E-state index in [-0.39, 0.29) is 6.04 Å². The molecule has 0 aromatic heterocycles. The summed E-state index contributed by atoms with van der Waals surface area (Å²) in [5, 5.41) is 0. The van der Waals surface area contributed by atoms with E-state index in [2.05, 4.69) is 70.7 Å². The summed E-state index contributed by atoms with van der Waals surface area (Å²) in [7, 11) is 0. The lowest BCUT2D eigenvalue weighted by atomic mass is 9.79. The molecule has 1 fully saturated rings. The second-order valence-electron chi connectivity index (χ2n) is 5.85. The Balaban J connectivity index is 1.97. The molecule has 110 valence electrons. The normalized spacial score (nSPS) is 16.5. The molecule has 21 heavy (non-hydrogen) atoms. The van der Waals surface area contributed by atoms with E-state index in [4.69, 9.17) is 5.84 Å². The minimum absolute atomic E-state index is 0.0301. The molecule has 1 aliphatic carbocycles. The third kappa shape index (κ3) is 2.91. The number of hydrogen-bond acceptors (Lipinski definition) is 2. The van der Waals surface area contributed by atoms with E-state index in [1.165, 1.54) is 41.5 Å². The molecule has 0 bridgehead atoms. The second kappa shape index (κ2) is 6.30. The van der Waals surface area contributed by atoms with Crippen LogP contribution in [0.1, 0.15) is 53.5 Å². The summed E-state index contributed by atoms with van der Waals surface area (Å²) in [6, 6.07) is 15.2. The average molecular weight is 345 g/mol. The second-order valence-corrected chi connectivity index (χ2v) is 6.71. The van der Waals surface area contributed by atoms with Crippen LogP contribution < -0.4 is 11.3 Å². The van der Waals surface area contributed by atoms with E-state index in [1.54, 1.807) is 0 Å². The highest BCUT2D eigenvalue weighted by molar-refractivity contribution is 9.10. The van der Waals surface area contributed by atoms with Crippen LogP contribution in [0, 0.1) is 6.92 Å². The van der Waals surface area contributed by atoms with Crippen molar-refractivity contribution < 1.29 is 0 Å². The van der Waals surface area contributed by atoms with Crippen LogP contribution in [0.5, 0.6) is 0 Å². The van der Waals surface area contributed by atoms with E-state index >= 15 is 0 Å². The molecule has 2 aromatic rings. The van der Waals surface area contributed by atoms with Gasteiger partial charge in [-0.2, -0.15) is 0 Å². The maximum Gasteiger partial charge on any atom is 0.0713 e. The quantitative estimate of drug-likeness (QED) is 0.629. The van der Waals surface area contributed by atoms with Crippen molar-refractivity contribution in [2.75, 3.05) is 0 Å². The fourth-order valence-corrected chi connectivity index (χ4v) is 3.42. The molecule has 3 heteroatoms. The zero-order valence-corrected chi connectivity index (χ0v) is 13.9. The van der Waals surface area contributed by atoms with E-state index < -0.39 is 0 Å². The molecule has 2 nitrogen and oxygen atoms in total. The number of hydrazine groups is 1. The van der Waals surface area contributed by atoms with Gasteiger partial charge in [0.25, 0.3) is 0 Å². The molecule has 1 saturated carbocycles. The van der Waals surface area contributed by atoms with Gasteiger partial charge >= 0.3 is 0 Å². The summed E-state index contributed by atoms with van der Waals surface area (Å²) in [4.78, 5) is 0. The van der Waals surface area contributed by atoms with Crippen LogP contribution >= 0.6 is 15.9 Å². The Morgan fingerprint density at radius 1 is 1.19 bits per heavy atom. The Bertz CT molecular complexity index is 635. The number of nitrogens with one attached hydrogen (secondary N) is 1.